The number of likely N-dealkylation sites (N-methyl/N-ethyl adjacent to an activating group) is 1. The zero-order valence-electron chi connectivity index (χ0n) is 9.88. The van der Waals surface area contributed by atoms with Crippen molar-refractivity contribution in [3.05, 3.63) is 0 Å². The van der Waals surface area contributed by atoms with E-state index in [1.807, 2.05) is 0 Å². The molecule has 2 heteroatoms. The van der Waals surface area contributed by atoms with Crippen molar-refractivity contribution >= 4 is 0 Å². The van der Waals surface area contributed by atoms with Crippen LogP contribution in [0.1, 0.15) is 47.5 Å². The van der Waals surface area contributed by atoms with Crippen LogP contribution in [0.15, 0.2) is 0 Å². The van der Waals surface area contributed by atoms with E-state index >= 15 is 0 Å². The van der Waals surface area contributed by atoms with Crippen molar-refractivity contribution in [1.82, 2.24) is 4.90 Å². The van der Waals surface area contributed by atoms with Crippen molar-refractivity contribution in [2.24, 2.45) is 5.73 Å². The Kier molecular flexibility index (Phi) is 6.35. The Bertz CT molecular complexity index is 125. The first kappa shape index (κ1) is 12.9. The highest BCUT2D eigenvalue weighted by atomic mass is 15.2. The Hall–Kier alpha value is -0.0800. The largest absolute Gasteiger partial charge is 0.326 e. The maximum absolute atomic E-state index is 6.04. The number of rotatable bonds is 6. The molecule has 0 aromatic heterocycles. The molecule has 0 spiro atoms. The molecule has 0 aliphatic carbocycles. The van der Waals surface area contributed by atoms with Crippen LogP contribution in [0, 0.1) is 0 Å². The second-order valence-corrected chi connectivity index (χ2v) is 3.90. The molecule has 0 saturated heterocycles. The molecule has 3 unspecified atom stereocenters. The van der Waals surface area contributed by atoms with Gasteiger partial charge in [0, 0.05) is 18.1 Å². The molecule has 0 aliphatic heterocycles. The van der Waals surface area contributed by atoms with Gasteiger partial charge in [0.1, 0.15) is 0 Å². The Morgan fingerprint density at radius 3 is 1.92 bits per heavy atom. The molecule has 2 N–H and O–H groups in total. The molecule has 0 heterocycles. The molecule has 80 valence electrons. The third-order valence-electron chi connectivity index (χ3n) is 3.14. The Morgan fingerprint density at radius 1 is 1.08 bits per heavy atom. The van der Waals surface area contributed by atoms with Gasteiger partial charge in [-0.15, -0.1) is 0 Å². The van der Waals surface area contributed by atoms with Crippen LogP contribution in [0.25, 0.3) is 0 Å². The maximum Gasteiger partial charge on any atom is 0.0221 e. The Labute approximate surface area is 83.5 Å². The van der Waals surface area contributed by atoms with Gasteiger partial charge in [0.05, 0.1) is 0 Å². The van der Waals surface area contributed by atoms with E-state index in [4.69, 9.17) is 5.73 Å². The fraction of sp³-hybridized carbons (Fsp3) is 1.00. The zero-order chi connectivity index (χ0) is 10.4. The first-order chi connectivity index (χ1) is 6.08. The zero-order valence-corrected chi connectivity index (χ0v) is 9.88. The van der Waals surface area contributed by atoms with E-state index in [1.165, 1.54) is 6.42 Å². The molecule has 13 heavy (non-hydrogen) atoms. The summed E-state index contributed by atoms with van der Waals surface area (Å²) in [6.45, 7) is 12.2. The van der Waals surface area contributed by atoms with E-state index < -0.39 is 0 Å². The summed E-state index contributed by atoms with van der Waals surface area (Å²) in [5.74, 6) is 0. The minimum absolute atomic E-state index is 0.314. The summed E-state index contributed by atoms with van der Waals surface area (Å²) in [6.07, 6.45) is 2.27. The predicted molar refractivity (Wildman–Crippen MR) is 59.9 cm³/mol. The summed E-state index contributed by atoms with van der Waals surface area (Å²) in [6, 6.07) is 1.47. The third-order valence-corrected chi connectivity index (χ3v) is 3.14. The Balaban J connectivity index is 4.21. The van der Waals surface area contributed by atoms with Crippen LogP contribution >= 0.6 is 0 Å². The van der Waals surface area contributed by atoms with Gasteiger partial charge in [-0.1, -0.05) is 20.8 Å². The lowest BCUT2D eigenvalue weighted by molar-refractivity contribution is 0.137. The first-order valence-electron chi connectivity index (χ1n) is 5.59. The molecule has 0 aromatic carbocycles. The lowest BCUT2D eigenvalue weighted by Crippen LogP contribution is -2.49. The summed E-state index contributed by atoms with van der Waals surface area (Å²) >= 11 is 0. The monoisotopic (exact) mass is 186 g/mol. The predicted octanol–water partition coefficient (Wildman–Crippen LogP) is 2.23. The highest BCUT2D eigenvalue weighted by Gasteiger charge is 2.21. The molecule has 0 aromatic rings. The van der Waals surface area contributed by atoms with Gasteiger partial charge in [0.2, 0.25) is 0 Å². The second kappa shape index (κ2) is 6.39. The van der Waals surface area contributed by atoms with Crippen LogP contribution < -0.4 is 5.73 Å². The van der Waals surface area contributed by atoms with Crippen LogP contribution in [-0.4, -0.2) is 29.6 Å². The maximum atomic E-state index is 6.04. The summed E-state index contributed by atoms with van der Waals surface area (Å²) in [5, 5.41) is 0. The second-order valence-electron chi connectivity index (χ2n) is 3.90. The summed E-state index contributed by atoms with van der Waals surface area (Å²) in [7, 11) is 0. The normalized spacial score (nSPS) is 18.7. The number of nitrogens with zero attached hydrogens (tertiary/aromatic N) is 1. The fourth-order valence-electron chi connectivity index (χ4n) is 1.82. The molecule has 0 amide bonds. The standard InChI is InChI=1S/C11H26N2/c1-6-9(4)13(8-3)10(5)11(12)7-2/h9-11H,6-8,12H2,1-5H3. The average Bonchev–Trinajstić information content (AvgIpc) is 2.17. The van der Waals surface area contributed by atoms with Crippen LogP contribution in [0.2, 0.25) is 0 Å². The molecule has 0 radical (unpaired) electrons. The minimum Gasteiger partial charge on any atom is -0.326 e. The molecular formula is C11H26N2. The molecule has 3 atom stereocenters. The van der Waals surface area contributed by atoms with E-state index in [-0.39, 0.29) is 0 Å². The number of nitrogens with two attached hydrogens (primary N) is 1. The van der Waals surface area contributed by atoms with E-state index in [0.717, 1.165) is 13.0 Å². The van der Waals surface area contributed by atoms with Crippen molar-refractivity contribution in [2.45, 2.75) is 65.6 Å². The SMILES string of the molecule is CCC(N)C(C)N(CC)C(C)CC. The van der Waals surface area contributed by atoms with Crippen molar-refractivity contribution < 1.29 is 0 Å². The van der Waals surface area contributed by atoms with Gasteiger partial charge in [-0.05, 0) is 33.2 Å². The minimum atomic E-state index is 0.314. The van der Waals surface area contributed by atoms with Gasteiger partial charge in [0.25, 0.3) is 0 Å². The average molecular weight is 186 g/mol. The molecule has 0 saturated carbocycles. The molecule has 2 nitrogen and oxygen atoms in total. The van der Waals surface area contributed by atoms with Gasteiger partial charge >= 0.3 is 0 Å². The van der Waals surface area contributed by atoms with Crippen LogP contribution in [0.3, 0.4) is 0 Å². The van der Waals surface area contributed by atoms with E-state index in [1.54, 1.807) is 0 Å². The number of hydrogen-bond donors (Lipinski definition) is 1. The smallest absolute Gasteiger partial charge is 0.0221 e. The highest BCUT2D eigenvalue weighted by Crippen LogP contribution is 2.11. The van der Waals surface area contributed by atoms with Gasteiger partial charge in [-0.25, -0.2) is 0 Å². The highest BCUT2D eigenvalue weighted by molar-refractivity contribution is 4.79. The first-order valence-corrected chi connectivity index (χ1v) is 5.59. The lowest BCUT2D eigenvalue weighted by atomic mass is 10.0. The molecule has 0 bridgehead atoms. The lowest BCUT2D eigenvalue weighted by Gasteiger charge is -2.36. The van der Waals surface area contributed by atoms with E-state index in [9.17, 15) is 0 Å². The quantitative estimate of drug-likeness (QED) is 0.689. The summed E-state index contributed by atoms with van der Waals surface area (Å²) < 4.78 is 0. The van der Waals surface area contributed by atoms with Crippen LogP contribution in [-0.2, 0) is 0 Å². The van der Waals surface area contributed by atoms with Crippen LogP contribution in [0.4, 0.5) is 0 Å². The van der Waals surface area contributed by atoms with Crippen molar-refractivity contribution in [3.8, 4) is 0 Å². The molecule has 0 aliphatic rings. The molecular weight excluding hydrogens is 160 g/mol. The van der Waals surface area contributed by atoms with Gasteiger partial charge in [-0.2, -0.15) is 0 Å². The summed E-state index contributed by atoms with van der Waals surface area (Å²) in [5.41, 5.74) is 6.04. The molecule has 0 rings (SSSR count). The van der Waals surface area contributed by atoms with Crippen molar-refractivity contribution in [3.63, 3.8) is 0 Å². The van der Waals surface area contributed by atoms with Crippen LogP contribution in [0.5, 0.6) is 0 Å². The third kappa shape index (κ3) is 3.65. The van der Waals surface area contributed by atoms with E-state index in [2.05, 4.69) is 39.5 Å². The molecule has 0 fully saturated rings. The van der Waals surface area contributed by atoms with E-state index in [0.29, 0.717) is 18.1 Å². The van der Waals surface area contributed by atoms with Crippen molar-refractivity contribution in [2.75, 3.05) is 6.54 Å². The van der Waals surface area contributed by atoms with Crippen molar-refractivity contribution in [1.29, 1.82) is 0 Å². The van der Waals surface area contributed by atoms with Gasteiger partial charge in [-0.3, -0.25) is 4.90 Å². The topological polar surface area (TPSA) is 29.3 Å². The fourth-order valence-corrected chi connectivity index (χ4v) is 1.82. The van der Waals surface area contributed by atoms with Gasteiger partial charge in [0.15, 0.2) is 0 Å². The number of hydrogen-bond acceptors (Lipinski definition) is 2. The van der Waals surface area contributed by atoms with Gasteiger partial charge < -0.3 is 5.73 Å². The Morgan fingerprint density at radius 2 is 1.62 bits per heavy atom. The summed E-state index contributed by atoms with van der Waals surface area (Å²) in [4.78, 5) is 2.49.